The molecule has 1 saturated carbocycles. The largest absolute Gasteiger partial charge is 0.327 e. The number of nitrogens with zero attached hydrogens (tertiary/aromatic N) is 1. The van der Waals surface area contributed by atoms with E-state index in [-0.39, 0.29) is 0 Å². The average molecular weight is 182 g/mol. The van der Waals surface area contributed by atoms with Crippen LogP contribution in [-0.4, -0.2) is 30.6 Å². The van der Waals surface area contributed by atoms with E-state index in [9.17, 15) is 0 Å². The minimum Gasteiger partial charge on any atom is -0.327 e. The van der Waals surface area contributed by atoms with Crippen molar-refractivity contribution >= 4 is 0 Å². The third-order valence-electron chi connectivity index (χ3n) is 3.53. The molecule has 1 heterocycles. The number of hydrogen-bond donors (Lipinski definition) is 1. The lowest BCUT2D eigenvalue weighted by atomic mass is 9.85. The average Bonchev–Trinajstić information content (AvgIpc) is 2.22. The highest BCUT2D eigenvalue weighted by atomic mass is 15.1. The minimum absolute atomic E-state index is 0.447. The van der Waals surface area contributed by atoms with Crippen LogP contribution in [0.5, 0.6) is 0 Å². The maximum Gasteiger partial charge on any atom is 0.0167 e. The molecule has 2 N–H and O–H groups in total. The first-order valence-corrected chi connectivity index (χ1v) is 5.82. The van der Waals surface area contributed by atoms with Gasteiger partial charge in [0.25, 0.3) is 0 Å². The van der Waals surface area contributed by atoms with E-state index < -0.39 is 0 Å². The second kappa shape index (κ2) is 4.43. The molecule has 1 aliphatic carbocycles. The standard InChI is InChI=1S/C11H22N2/c12-11-6-1-2-7-13(9-11)8-10-4-3-5-10/h10-11H,1-9,12H2. The van der Waals surface area contributed by atoms with E-state index >= 15 is 0 Å². The topological polar surface area (TPSA) is 29.3 Å². The van der Waals surface area contributed by atoms with Gasteiger partial charge >= 0.3 is 0 Å². The molecule has 2 aliphatic rings. The van der Waals surface area contributed by atoms with Gasteiger partial charge in [-0.2, -0.15) is 0 Å². The fourth-order valence-corrected chi connectivity index (χ4v) is 2.46. The summed E-state index contributed by atoms with van der Waals surface area (Å²) in [6.45, 7) is 3.77. The van der Waals surface area contributed by atoms with Crippen LogP contribution >= 0.6 is 0 Å². The Balaban J connectivity index is 1.75. The Hall–Kier alpha value is -0.0800. The highest BCUT2D eigenvalue weighted by Gasteiger charge is 2.22. The van der Waals surface area contributed by atoms with E-state index in [1.165, 1.54) is 51.6 Å². The zero-order chi connectivity index (χ0) is 9.10. The molecule has 2 fully saturated rings. The van der Waals surface area contributed by atoms with Crippen LogP contribution in [0.2, 0.25) is 0 Å². The molecule has 0 aromatic heterocycles. The van der Waals surface area contributed by atoms with Gasteiger partial charge in [-0.1, -0.05) is 12.8 Å². The van der Waals surface area contributed by atoms with Gasteiger partial charge in [0.1, 0.15) is 0 Å². The maximum absolute atomic E-state index is 6.02. The van der Waals surface area contributed by atoms with Crippen LogP contribution < -0.4 is 5.73 Å². The van der Waals surface area contributed by atoms with Gasteiger partial charge in [0.15, 0.2) is 0 Å². The lowest BCUT2D eigenvalue weighted by Gasteiger charge is -2.32. The van der Waals surface area contributed by atoms with Crippen molar-refractivity contribution in [2.24, 2.45) is 11.7 Å². The van der Waals surface area contributed by atoms with Gasteiger partial charge in [0.2, 0.25) is 0 Å². The van der Waals surface area contributed by atoms with Gasteiger partial charge in [-0.25, -0.2) is 0 Å². The second-order valence-electron chi connectivity index (χ2n) is 4.81. The van der Waals surface area contributed by atoms with Crippen molar-refractivity contribution in [1.82, 2.24) is 4.90 Å². The van der Waals surface area contributed by atoms with Crippen LogP contribution in [0.15, 0.2) is 0 Å². The van der Waals surface area contributed by atoms with Crippen molar-refractivity contribution < 1.29 is 0 Å². The molecule has 1 unspecified atom stereocenters. The molecule has 76 valence electrons. The summed E-state index contributed by atoms with van der Waals surface area (Å²) < 4.78 is 0. The molecule has 0 aromatic rings. The van der Waals surface area contributed by atoms with E-state index in [0.717, 1.165) is 12.5 Å². The van der Waals surface area contributed by atoms with E-state index in [4.69, 9.17) is 5.73 Å². The fourth-order valence-electron chi connectivity index (χ4n) is 2.46. The van der Waals surface area contributed by atoms with Crippen LogP contribution in [0.4, 0.5) is 0 Å². The molecule has 1 atom stereocenters. The highest BCUT2D eigenvalue weighted by Crippen LogP contribution is 2.27. The molecule has 0 spiro atoms. The first kappa shape index (κ1) is 9.47. The van der Waals surface area contributed by atoms with Gasteiger partial charge in [-0.3, -0.25) is 0 Å². The molecular weight excluding hydrogens is 160 g/mol. The number of nitrogens with two attached hydrogens (primary N) is 1. The van der Waals surface area contributed by atoms with Crippen molar-refractivity contribution in [3.8, 4) is 0 Å². The van der Waals surface area contributed by atoms with Crippen LogP contribution in [0, 0.1) is 5.92 Å². The molecule has 0 radical (unpaired) electrons. The first-order valence-electron chi connectivity index (χ1n) is 5.82. The smallest absolute Gasteiger partial charge is 0.0167 e. The third-order valence-corrected chi connectivity index (χ3v) is 3.53. The summed E-state index contributed by atoms with van der Waals surface area (Å²) in [6, 6.07) is 0.447. The summed E-state index contributed by atoms with van der Waals surface area (Å²) in [5.41, 5.74) is 6.02. The van der Waals surface area contributed by atoms with Crippen molar-refractivity contribution in [3.05, 3.63) is 0 Å². The molecule has 2 rings (SSSR count). The Kier molecular flexibility index (Phi) is 3.23. The number of rotatable bonds is 2. The molecule has 1 aliphatic heterocycles. The lowest BCUT2D eigenvalue weighted by Crippen LogP contribution is -2.39. The molecule has 0 amide bonds. The number of likely N-dealkylation sites (tertiary alicyclic amines) is 1. The Labute approximate surface area is 81.5 Å². The Bertz CT molecular complexity index is 154. The van der Waals surface area contributed by atoms with Crippen molar-refractivity contribution in [3.63, 3.8) is 0 Å². The predicted octanol–water partition coefficient (Wildman–Crippen LogP) is 1.60. The summed E-state index contributed by atoms with van der Waals surface area (Å²) in [5.74, 6) is 1.00. The number of hydrogen-bond acceptors (Lipinski definition) is 2. The van der Waals surface area contributed by atoms with E-state index in [1.54, 1.807) is 0 Å². The molecule has 13 heavy (non-hydrogen) atoms. The fraction of sp³-hybridized carbons (Fsp3) is 1.00. The van der Waals surface area contributed by atoms with Gasteiger partial charge in [0.05, 0.1) is 0 Å². The molecule has 0 bridgehead atoms. The Morgan fingerprint density at radius 3 is 2.62 bits per heavy atom. The lowest BCUT2D eigenvalue weighted by molar-refractivity contribution is 0.177. The Morgan fingerprint density at radius 2 is 1.92 bits per heavy atom. The summed E-state index contributed by atoms with van der Waals surface area (Å²) >= 11 is 0. The summed E-state index contributed by atoms with van der Waals surface area (Å²) in [4.78, 5) is 2.60. The van der Waals surface area contributed by atoms with Crippen LogP contribution in [0.1, 0.15) is 38.5 Å². The summed E-state index contributed by atoms with van der Waals surface area (Å²) in [5, 5.41) is 0. The van der Waals surface area contributed by atoms with Crippen LogP contribution in [-0.2, 0) is 0 Å². The summed E-state index contributed by atoms with van der Waals surface area (Å²) in [7, 11) is 0. The molecule has 2 heteroatoms. The van der Waals surface area contributed by atoms with Crippen molar-refractivity contribution in [2.45, 2.75) is 44.6 Å². The van der Waals surface area contributed by atoms with E-state index in [2.05, 4.69) is 4.90 Å². The summed E-state index contributed by atoms with van der Waals surface area (Å²) in [6.07, 6.45) is 8.33. The maximum atomic E-state index is 6.02. The van der Waals surface area contributed by atoms with Crippen LogP contribution in [0.3, 0.4) is 0 Å². The molecule has 2 nitrogen and oxygen atoms in total. The van der Waals surface area contributed by atoms with Gasteiger partial charge in [-0.05, 0) is 38.1 Å². The normalized spacial score (nSPS) is 32.5. The van der Waals surface area contributed by atoms with Crippen molar-refractivity contribution in [2.75, 3.05) is 19.6 Å². The zero-order valence-corrected chi connectivity index (χ0v) is 8.54. The molecule has 1 saturated heterocycles. The minimum atomic E-state index is 0.447. The quantitative estimate of drug-likeness (QED) is 0.703. The highest BCUT2D eigenvalue weighted by molar-refractivity contribution is 4.78. The molecule has 0 aromatic carbocycles. The van der Waals surface area contributed by atoms with Gasteiger partial charge in [-0.15, -0.1) is 0 Å². The molecular formula is C11H22N2. The zero-order valence-electron chi connectivity index (χ0n) is 8.54. The monoisotopic (exact) mass is 182 g/mol. The van der Waals surface area contributed by atoms with Gasteiger partial charge < -0.3 is 10.6 Å². The van der Waals surface area contributed by atoms with E-state index in [1.807, 2.05) is 0 Å². The van der Waals surface area contributed by atoms with Crippen LogP contribution in [0.25, 0.3) is 0 Å². The van der Waals surface area contributed by atoms with Gasteiger partial charge in [0, 0.05) is 19.1 Å². The third kappa shape index (κ3) is 2.68. The predicted molar refractivity (Wildman–Crippen MR) is 55.6 cm³/mol. The second-order valence-corrected chi connectivity index (χ2v) is 4.81. The first-order chi connectivity index (χ1) is 6.34. The van der Waals surface area contributed by atoms with Crippen molar-refractivity contribution in [1.29, 1.82) is 0 Å². The van der Waals surface area contributed by atoms with E-state index in [0.29, 0.717) is 6.04 Å². The SMILES string of the molecule is NC1CCCCN(CC2CCC2)C1. The Morgan fingerprint density at radius 1 is 1.08 bits per heavy atom.